The SMILES string of the molecule is COCCN(Cc1cc(C)ccc1OC)CC1CCCN1. The van der Waals surface area contributed by atoms with Gasteiger partial charge in [-0.1, -0.05) is 17.7 Å². The summed E-state index contributed by atoms with van der Waals surface area (Å²) >= 11 is 0. The van der Waals surface area contributed by atoms with Crippen LogP contribution in [-0.4, -0.2) is 51.4 Å². The number of aryl methyl sites for hydroxylation is 1. The molecular formula is C17H28N2O2. The standard InChI is InChI=1S/C17H28N2O2/c1-14-6-7-17(21-3)15(11-14)12-19(9-10-20-2)13-16-5-4-8-18-16/h6-7,11,16,18H,4-5,8-10,12-13H2,1-3H3. The van der Waals surface area contributed by atoms with Crippen LogP contribution in [0.3, 0.4) is 0 Å². The number of nitrogens with zero attached hydrogens (tertiary/aromatic N) is 1. The van der Waals surface area contributed by atoms with Crippen LogP contribution in [0.2, 0.25) is 0 Å². The minimum Gasteiger partial charge on any atom is -0.496 e. The molecule has 1 heterocycles. The highest BCUT2D eigenvalue weighted by atomic mass is 16.5. The fourth-order valence-corrected chi connectivity index (χ4v) is 2.95. The maximum Gasteiger partial charge on any atom is 0.123 e. The van der Waals surface area contributed by atoms with Crippen LogP contribution in [0, 0.1) is 6.92 Å². The van der Waals surface area contributed by atoms with Crippen molar-refractivity contribution in [2.75, 3.05) is 40.5 Å². The van der Waals surface area contributed by atoms with Crippen molar-refractivity contribution in [2.24, 2.45) is 0 Å². The molecule has 1 aliphatic rings. The zero-order valence-corrected chi connectivity index (χ0v) is 13.5. The molecule has 0 aliphatic carbocycles. The third-order valence-electron chi connectivity index (χ3n) is 4.08. The van der Waals surface area contributed by atoms with E-state index in [0.717, 1.165) is 38.5 Å². The minimum atomic E-state index is 0.609. The van der Waals surface area contributed by atoms with E-state index >= 15 is 0 Å². The first kappa shape index (κ1) is 16.3. The molecule has 1 aliphatic heterocycles. The smallest absolute Gasteiger partial charge is 0.123 e. The molecule has 1 aromatic rings. The maximum atomic E-state index is 5.50. The Morgan fingerprint density at radius 2 is 2.19 bits per heavy atom. The van der Waals surface area contributed by atoms with Gasteiger partial charge in [0.15, 0.2) is 0 Å². The fraction of sp³-hybridized carbons (Fsp3) is 0.647. The van der Waals surface area contributed by atoms with Gasteiger partial charge in [0.2, 0.25) is 0 Å². The average Bonchev–Trinajstić information content (AvgIpc) is 2.98. The van der Waals surface area contributed by atoms with E-state index in [9.17, 15) is 0 Å². The first-order valence-corrected chi connectivity index (χ1v) is 7.81. The predicted octanol–water partition coefficient (Wildman–Crippen LogP) is 2.20. The first-order valence-electron chi connectivity index (χ1n) is 7.81. The molecule has 1 N–H and O–H groups in total. The summed E-state index contributed by atoms with van der Waals surface area (Å²) in [6.45, 7) is 6.97. The summed E-state index contributed by atoms with van der Waals surface area (Å²) in [5.41, 5.74) is 2.53. The van der Waals surface area contributed by atoms with Crippen molar-refractivity contribution in [2.45, 2.75) is 32.4 Å². The van der Waals surface area contributed by atoms with E-state index in [1.807, 2.05) is 0 Å². The Kier molecular flexibility index (Phi) is 6.49. The third-order valence-corrected chi connectivity index (χ3v) is 4.08. The summed E-state index contributed by atoms with van der Waals surface area (Å²) < 4.78 is 10.8. The molecule has 1 saturated heterocycles. The second kappa shape index (κ2) is 8.37. The van der Waals surface area contributed by atoms with Gasteiger partial charge in [0.25, 0.3) is 0 Å². The molecule has 118 valence electrons. The fourth-order valence-electron chi connectivity index (χ4n) is 2.95. The zero-order valence-electron chi connectivity index (χ0n) is 13.5. The van der Waals surface area contributed by atoms with Crippen LogP contribution in [0.25, 0.3) is 0 Å². The second-order valence-corrected chi connectivity index (χ2v) is 5.84. The van der Waals surface area contributed by atoms with Crippen LogP contribution in [0.1, 0.15) is 24.0 Å². The Morgan fingerprint density at radius 3 is 2.86 bits per heavy atom. The molecule has 0 radical (unpaired) electrons. The second-order valence-electron chi connectivity index (χ2n) is 5.84. The number of benzene rings is 1. The summed E-state index contributed by atoms with van der Waals surface area (Å²) in [7, 11) is 3.51. The van der Waals surface area contributed by atoms with E-state index in [0.29, 0.717) is 6.04 Å². The molecule has 1 aromatic carbocycles. The van der Waals surface area contributed by atoms with Crippen molar-refractivity contribution in [1.82, 2.24) is 10.2 Å². The van der Waals surface area contributed by atoms with E-state index in [4.69, 9.17) is 9.47 Å². The lowest BCUT2D eigenvalue weighted by Crippen LogP contribution is -2.38. The molecule has 2 rings (SSSR count). The molecule has 4 nitrogen and oxygen atoms in total. The van der Waals surface area contributed by atoms with Gasteiger partial charge < -0.3 is 14.8 Å². The normalized spacial score (nSPS) is 18.4. The highest BCUT2D eigenvalue weighted by molar-refractivity contribution is 5.36. The monoisotopic (exact) mass is 292 g/mol. The Labute approximate surface area is 128 Å². The predicted molar refractivity (Wildman–Crippen MR) is 85.9 cm³/mol. The Bertz CT molecular complexity index is 431. The number of ether oxygens (including phenoxy) is 2. The Morgan fingerprint density at radius 1 is 1.33 bits per heavy atom. The van der Waals surface area contributed by atoms with E-state index in [1.165, 1.54) is 24.0 Å². The van der Waals surface area contributed by atoms with E-state index < -0.39 is 0 Å². The number of rotatable bonds is 8. The third kappa shape index (κ3) is 4.99. The molecule has 1 atom stereocenters. The van der Waals surface area contributed by atoms with E-state index in [1.54, 1.807) is 14.2 Å². The van der Waals surface area contributed by atoms with Gasteiger partial charge in [0.1, 0.15) is 5.75 Å². The van der Waals surface area contributed by atoms with Gasteiger partial charge in [-0.15, -0.1) is 0 Å². The van der Waals surface area contributed by atoms with Crippen molar-refractivity contribution >= 4 is 0 Å². The summed E-state index contributed by atoms with van der Waals surface area (Å²) in [5.74, 6) is 0.974. The molecule has 21 heavy (non-hydrogen) atoms. The van der Waals surface area contributed by atoms with Crippen molar-refractivity contribution in [1.29, 1.82) is 0 Å². The van der Waals surface area contributed by atoms with Crippen LogP contribution in [0.4, 0.5) is 0 Å². The van der Waals surface area contributed by atoms with Crippen molar-refractivity contribution in [3.63, 3.8) is 0 Å². The largest absolute Gasteiger partial charge is 0.496 e. The molecule has 1 fully saturated rings. The molecule has 0 aromatic heterocycles. The molecular weight excluding hydrogens is 264 g/mol. The lowest BCUT2D eigenvalue weighted by molar-refractivity contribution is 0.137. The van der Waals surface area contributed by atoms with Crippen LogP contribution in [0.15, 0.2) is 18.2 Å². The highest BCUT2D eigenvalue weighted by Crippen LogP contribution is 2.22. The van der Waals surface area contributed by atoms with Crippen LogP contribution < -0.4 is 10.1 Å². The summed E-state index contributed by atoms with van der Waals surface area (Å²) in [6, 6.07) is 6.99. The Hall–Kier alpha value is -1.10. The zero-order chi connectivity index (χ0) is 15.1. The number of methoxy groups -OCH3 is 2. The molecule has 0 saturated carbocycles. The number of hydrogen-bond acceptors (Lipinski definition) is 4. The van der Waals surface area contributed by atoms with Crippen LogP contribution >= 0.6 is 0 Å². The van der Waals surface area contributed by atoms with Gasteiger partial charge in [-0.3, -0.25) is 4.90 Å². The van der Waals surface area contributed by atoms with Gasteiger partial charge in [-0.25, -0.2) is 0 Å². The van der Waals surface area contributed by atoms with Gasteiger partial charge in [0.05, 0.1) is 13.7 Å². The molecule has 0 spiro atoms. The number of hydrogen-bond donors (Lipinski definition) is 1. The topological polar surface area (TPSA) is 33.7 Å². The molecule has 1 unspecified atom stereocenters. The maximum absolute atomic E-state index is 5.50. The molecule has 0 bridgehead atoms. The molecule has 0 amide bonds. The van der Waals surface area contributed by atoms with Gasteiger partial charge in [-0.2, -0.15) is 0 Å². The van der Waals surface area contributed by atoms with Crippen molar-refractivity contribution in [3.8, 4) is 5.75 Å². The quantitative estimate of drug-likeness (QED) is 0.796. The highest BCUT2D eigenvalue weighted by Gasteiger charge is 2.19. The van der Waals surface area contributed by atoms with Gasteiger partial charge in [-0.05, 0) is 32.4 Å². The lowest BCUT2D eigenvalue weighted by Gasteiger charge is -2.26. The van der Waals surface area contributed by atoms with Gasteiger partial charge in [0, 0.05) is 38.3 Å². The van der Waals surface area contributed by atoms with E-state index in [2.05, 4.69) is 35.3 Å². The summed E-state index contributed by atoms with van der Waals surface area (Å²) in [6.07, 6.45) is 2.56. The summed E-state index contributed by atoms with van der Waals surface area (Å²) in [5, 5.41) is 3.58. The Balaban J connectivity index is 2.03. The number of nitrogens with one attached hydrogen (secondary N) is 1. The molecule has 4 heteroatoms. The minimum absolute atomic E-state index is 0.609. The summed E-state index contributed by atoms with van der Waals surface area (Å²) in [4.78, 5) is 2.46. The van der Waals surface area contributed by atoms with E-state index in [-0.39, 0.29) is 0 Å². The average molecular weight is 292 g/mol. The van der Waals surface area contributed by atoms with Crippen LogP contribution in [0.5, 0.6) is 5.75 Å². The van der Waals surface area contributed by atoms with Crippen molar-refractivity contribution in [3.05, 3.63) is 29.3 Å². The lowest BCUT2D eigenvalue weighted by atomic mass is 10.1. The van der Waals surface area contributed by atoms with Gasteiger partial charge >= 0.3 is 0 Å². The first-order chi connectivity index (χ1) is 10.2. The van der Waals surface area contributed by atoms with Crippen LogP contribution in [-0.2, 0) is 11.3 Å². The van der Waals surface area contributed by atoms with Crippen molar-refractivity contribution < 1.29 is 9.47 Å².